The van der Waals surface area contributed by atoms with Gasteiger partial charge in [0, 0.05) is 18.8 Å². The number of hydrogen-bond acceptors (Lipinski definition) is 5. The fourth-order valence-electron chi connectivity index (χ4n) is 3.07. The third-order valence-corrected chi connectivity index (χ3v) is 5.66. The zero-order valence-electron chi connectivity index (χ0n) is 14.9. The topological polar surface area (TPSA) is 80.8 Å². The second-order valence-corrected chi connectivity index (χ2v) is 8.45. The third kappa shape index (κ3) is 4.81. The van der Waals surface area contributed by atoms with E-state index in [1.54, 1.807) is 6.92 Å². The highest BCUT2D eigenvalue weighted by molar-refractivity contribution is 7.90. The molecule has 25 heavy (non-hydrogen) atoms. The number of amides is 1. The van der Waals surface area contributed by atoms with Crippen molar-refractivity contribution in [1.82, 2.24) is 4.90 Å². The van der Waals surface area contributed by atoms with Crippen molar-refractivity contribution in [3.8, 4) is 0 Å². The zero-order chi connectivity index (χ0) is 18.6. The van der Waals surface area contributed by atoms with Gasteiger partial charge in [0.15, 0.2) is 15.9 Å². The third-order valence-electron chi connectivity index (χ3n) is 4.53. The van der Waals surface area contributed by atoms with Crippen molar-refractivity contribution in [3.05, 3.63) is 29.8 Å². The van der Waals surface area contributed by atoms with Crippen molar-refractivity contribution in [2.45, 2.75) is 56.6 Å². The molecule has 0 saturated carbocycles. The molecule has 1 saturated heterocycles. The first kappa shape index (κ1) is 19.4. The smallest absolute Gasteiger partial charge is 0.338 e. The number of sulfone groups is 1. The lowest BCUT2D eigenvalue weighted by atomic mass is 9.99. The van der Waals surface area contributed by atoms with Gasteiger partial charge in [-0.25, -0.2) is 13.2 Å². The minimum Gasteiger partial charge on any atom is -0.449 e. The number of esters is 1. The van der Waals surface area contributed by atoms with Gasteiger partial charge in [0.2, 0.25) is 0 Å². The van der Waals surface area contributed by atoms with Crippen molar-refractivity contribution in [2.75, 3.05) is 12.8 Å². The van der Waals surface area contributed by atoms with Crippen LogP contribution in [0.3, 0.4) is 0 Å². The summed E-state index contributed by atoms with van der Waals surface area (Å²) >= 11 is 0. The van der Waals surface area contributed by atoms with Crippen LogP contribution in [0, 0.1) is 0 Å². The molecule has 138 valence electrons. The summed E-state index contributed by atoms with van der Waals surface area (Å²) in [5.74, 6) is -0.807. The Kier molecular flexibility index (Phi) is 6.21. The molecule has 1 aromatic rings. The van der Waals surface area contributed by atoms with Gasteiger partial charge in [0.1, 0.15) is 0 Å². The van der Waals surface area contributed by atoms with Gasteiger partial charge in [-0.1, -0.05) is 6.92 Å². The number of nitrogens with zero attached hydrogens (tertiary/aromatic N) is 1. The van der Waals surface area contributed by atoms with Gasteiger partial charge in [0.25, 0.3) is 5.91 Å². The lowest BCUT2D eigenvalue weighted by Gasteiger charge is -2.36. The van der Waals surface area contributed by atoms with Gasteiger partial charge in [-0.2, -0.15) is 0 Å². The number of hydrogen-bond donors (Lipinski definition) is 0. The number of rotatable bonds is 5. The highest BCUT2D eigenvalue weighted by atomic mass is 32.2. The van der Waals surface area contributed by atoms with Gasteiger partial charge in [0.05, 0.1) is 10.5 Å². The first-order valence-electron chi connectivity index (χ1n) is 8.55. The van der Waals surface area contributed by atoms with Gasteiger partial charge < -0.3 is 9.64 Å². The predicted molar refractivity (Wildman–Crippen MR) is 94.1 cm³/mol. The van der Waals surface area contributed by atoms with Gasteiger partial charge >= 0.3 is 5.97 Å². The molecule has 0 bridgehead atoms. The number of benzene rings is 1. The molecule has 1 aliphatic rings. The molecule has 2 rings (SSSR count). The summed E-state index contributed by atoms with van der Waals surface area (Å²) in [5, 5.41) is 0. The fraction of sp³-hybridized carbons (Fsp3) is 0.556. The lowest BCUT2D eigenvalue weighted by molar-refractivity contribution is -0.143. The van der Waals surface area contributed by atoms with Crippen LogP contribution in [0.4, 0.5) is 0 Å². The fourth-order valence-corrected chi connectivity index (χ4v) is 3.70. The van der Waals surface area contributed by atoms with Gasteiger partial charge in [-0.05, 0) is 56.9 Å². The molecule has 0 aliphatic carbocycles. The number of carbonyl (C=O) groups excluding carboxylic acids is 2. The van der Waals surface area contributed by atoms with E-state index in [0.29, 0.717) is 6.54 Å². The minimum absolute atomic E-state index is 0.132. The summed E-state index contributed by atoms with van der Waals surface area (Å²) in [6, 6.07) is 5.71. The number of piperidine rings is 1. The zero-order valence-corrected chi connectivity index (χ0v) is 15.7. The van der Waals surface area contributed by atoms with Crippen molar-refractivity contribution in [1.29, 1.82) is 0 Å². The summed E-state index contributed by atoms with van der Waals surface area (Å²) in [4.78, 5) is 26.7. The molecule has 0 unspecified atom stereocenters. The molecular formula is C18H25NO5S. The maximum Gasteiger partial charge on any atom is 0.338 e. The summed E-state index contributed by atoms with van der Waals surface area (Å²) < 4.78 is 28.2. The van der Waals surface area contributed by atoms with Crippen LogP contribution in [0.2, 0.25) is 0 Å². The predicted octanol–water partition coefficient (Wildman–Crippen LogP) is 2.43. The number of ether oxygens (including phenoxy) is 1. The van der Waals surface area contributed by atoms with Crippen molar-refractivity contribution >= 4 is 21.7 Å². The number of carbonyl (C=O) groups is 2. The molecular weight excluding hydrogens is 342 g/mol. The van der Waals surface area contributed by atoms with Crippen molar-refractivity contribution in [3.63, 3.8) is 0 Å². The van der Waals surface area contributed by atoms with Crippen LogP contribution in [-0.2, 0) is 19.4 Å². The standard InChI is InChI=1S/C18H25NO5S/c1-4-15-7-5-6-12-19(15)17(20)13(2)24-18(21)14-8-10-16(11-9-14)25(3,22)23/h8-11,13,15H,4-7,12H2,1-3H3/t13-,15-/m1/s1. The molecule has 1 aromatic carbocycles. The average molecular weight is 367 g/mol. The molecule has 0 aromatic heterocycles. The van der Waals surface area contributed by atoms with E-state index in [4.69, 9.17) is 4.74 Å². The lowest BCUT2D eigenvalue weighted by Crippen LogP contribution is -2.48. The van der Waals surface area contributed by atoms with Crippen LogP contribution in [0.25, 0.3) is 0 Å². The molecule has 0 radical (unpaired) electrons. The first-order chi connectivity index (χ1) is 11.7. The number of likely N-dealkylation sites (tertiary alicyclic amines) is 1. The summed E-state index contributed by atoms with van der Waals surface area (Å²) in [6.45, 7) is 4.32. The van der Waals surface area contributed by atoms with E-state index < -0.39 is 21.9 Å². The maximum absolute atomic E-state index is 12.6. The minimum atomic E-state index is -3.32. The Labute approximate surface area is 149 Å². The maximum atomic E-state index is 12.6. The SMILES string of the molecule is CC[C@@H]1CCCCN1C(=O)[C@@H](C)OC(=O)c1ccc(S(C)(=O)=O)cc1. The Morgan fingerprint density at radius 3 is 2.44 bits per heavy atom. The Morgan fingerprint density at radius 2 is 1.88 bits per heavy atom. The van der Waals surface area contributed by atoms with Crippen LogP contribution in [0.15, 0.2) is 29.2 Å². The molecule has 1 amide bonds. The Balaban J connectivity index is 2.02. The highest BCUT2D eigenvalue weighted by Crippen LogP contribution is 2.21. The quantitative estimate of drug-likeness (QED) is 0.747. The van der Waals surface area contributed by atoms with Gasteiger partial charge in [-0.3, -0.25) is 4.79 Å². The van der Waals surface area contributed by atoms with Crippen LogP contribution in [0.5, 0.6) is 0 Å². The molecule has 2 atom stereocenters. The van der Waals surface area contributed by atoms with Crippen molar-refractivity contribution in [2.24, 2.45) is 0 Å². The summed E-state index contributed by atoms with van der Waals surface area (Å²) in [7, 11) is -3.32. The second-order valence-electron chi connectivity index (χ2n) is 6.43. The van der Waals surface area contributed by atoms with E-state index in [2.05, 4.69) is 6.92 Å². The van der Waals surface area contributed by atoms with E-state index in [1.807, 2.05) is 4.90 Å². The monoisotopic (exact) mass is 367 g/mol. The Hall–Kier alpha value is -1.89. The highest BCUT2D eigenvalue weighted by Gasteiger charge is 2.30. The largest absolute Gasteiger partial charge is 0.449 e. The van der Waals surface area contributed by atoms with Crippen LogP contribution in [0.1, 0.15) is 49.9 Å². The second kappa shape index (κ2) is 7.99. The van der Waals surface area contributed by atoms with Crippen molar-refractivity contribution < 1.29 is 22.7 Å². The van der Waals surface area contributed by atoms with E-state index in [9.17, 15) is 18.0 Å². The van der Waals surface area contributed by atoms with Crippen LogP contribution >= 0.6 is 0 Å². The normalized spacial score (nSPS) is 19.3. The first-order valence-corrected chi connectivity index (χ1v) is 10.4. The molecule has 6 nitrogen and oxygen atoms in total. The molecule has 7 heteroatoms. The summed E-state index contributed by atoms with van der Waals surface area (Å²) in [6.07, 6.45) is 4.19. The molecule has 1 fully saturated rings. The molecule has 1 aliphatic heterocycles. The van der Waals surface area contributed by atoms with Crippen LogP contribution < -0.4 is 0 Å². The van der Waals surface area contributed by atoms with E-state index in [1.165, 1.54) is 24.3 Å². The van der Waals surface area contributed by atoms with Crippen LogP contribution in [-0.4, -0.2) is 50.1 Å². The molecule has 0 N–H and O–H groups in total. The van der Waals surface area contributed by atoms with Gasteiger partial charge in [-0.15, -0.1) is 0 Å². The van der Waals surface area contributed by atoms with E-state index >= 15 is 0 Å². The van der Waals surface area contributed by atoms with E-state index in [-0.39, 0.29) is 22.4 Å². The Morgan fingerprint density at radius 1 is 1.24 bits per heavy atom. The molecule has 0 spiro atoms. The summed E-state index contributed by atoms with van der Waals surface area (Å²) in [5.41, 5.74) is 0.220. The molecule has 1 heterocycles. The Bertz CT molecular complexity index is 726. The van der Waals surface area contributed by atoms with E-state index in [0.717, 1.165) is 31.9 Å². The average Bonchev–Trinajstić information content (AvgIpc) is 2.60.